The van der Waals surface area contributed by atoms with Crippen LogP contribution in [0.4, 0.5) is 0 Å². The van der Waals surface area contributed by atoms with E-state index in [0.717, 1.165) is 51.6 Å². The number of hydrogen-bond donors (Lipinski definition) is 2. The van der Waals surface area contributed by atoms with Gasteiger partial charge in [0, 0.05) is 26.2 Å². The minimum absolute atomic E-state index is 0.202. The largest absolute Gasteiger partial charge is 0.374 e. The minimum atomic E-state index is 0.202. The molecule has 0 saturated carbocycles. The summed E-state index contributed by atoms with van der Waals surface area (Å²) in [5.41, 5.74) is 1.38. The van der Waals surface area contributed by atoms with Gasteiger partial charge < -0.3 is 20.3 Å². The molecule has 0 radical (unpaired) electrons. The summed E-state index contributed by atoms with van der Waals surface area (Å²) in [6, 6.07) is 10.6. The number of likely N-dealkylation sites (N-methyl/N-ethyl adjacent to an activating group) is 1. The fourth-order valence-electron chi connectivity index (χ4n) is 2.66. The normalized spacial score (nSPS) is 19.6. The van der Waals surface area contributed by atoms with Crippen molar-refractivity contribution in [2.45, 2.75) is 25.9 Å². The van der Waals surface area contributed by atoms with E-state index in [-0.39, 0.29) is 6.10 Å². The van der Waals surface area contributed by atoms with Crippen LogP contribution in [0.15, 0.2) is 35.3 Å². The Morgan fingerprint density at radius 1 is 1.30 bits per heavy atom. The lowest BCUT2D eigenvalue weighted by molar-refractivity contribution is -0.0136. The molecule has 0 bridgehead atoms. The van der Waals surface area contributed by atoms with E-state index in [1.165, 1.54) is 5.56 Å². The van der Waals surface area contributed by atoms with Crippen LogP contribution in [0.25, 0.3) is 0 Å². The van der Waals surface area contributed by atoms with Crippen molar-refractivity contribution in [3.8, 4) is 0 Å². The monoisotopic (exact) mass is 318 g/mol. The number of aliphatic imine (C=N–C) groups is 1. The van der Waals surface area contributed by atoms with E-state index in [1.807, 2.05) is 0 Å². The molecule has 1 aromatic carbocycles. The number of nitrogens with zero attached hydrogens (tertiary/aromatic N) is 2. The molecule has 1 heterocycles. The van der Waals surface area contributed by atoms with Gasteiger partial charge in [-0.1, -0.05) is 30.3 Å². The Hall–Kier alpha value is -1.59. The molecule has 23 heavy (non-hydrogen) atoms. The molecule has 0 aliphatic carbocycles. The summed E-state index contributed by atoms with van der Waals surface area (Å²) >= 11 is 0. The van der Waals surface area contributed by atoms with Gasteiger partial charge in [0.25, 0.3) is 0 Å². The van der Waals surface area contributed by atoms with E-state index in [9.17, 15) is 0 Å². The lowest BCUT2D eigenvalue weighted by Gasteiger charge is -2.29. The lowest BCUT2D eigenvalue weighted by Crippen LogP contribution is -2.43. The van der Waals surface area contributed by atoms with E-state index in [4.69, 9.17) is 4.74 Å². The molecule has 0 amide bonds. The third-order valence-corrected chi connectivity index (χ3v) is 3.92. The first kappa shape index (κ1) is 17.8. The maximum atomic E-state index is 5.76. The van der Waals surface area contributed by atoms with Crippen molar-refractivity contribution in [2.75, 3.05) is 46.4 Å². The quantitative estimate of drug-likeness (QED) is 0.454. The van der Waals surface area contributed by atoms with Crippen molar-refractivity contribution >= 4 is 5.96 Å². The molecule has 1 atom stereocenters. The number of benzene rings is 1. The van der Waals surface area contributed by atoms with Crippen LogP contribution in [0.1, 0.15) is 18.9 Å². The molecule has 2 N–H and O–H groups in total. The summed E-state index contributed by atoms with van der Waals surface area (Å²) < 4.78 is 5.76. The Balaban J connectivity index is 1.70. The number of aryl methyl sites for hydroxylation is 1. The van der Waals surface area contributed by atoms with Crippen molar-refractivity contribution in [1.29, 1.82) is 0 Å². The van der Waals surface area contributed by atoms with Gasteiger partial charge in [0.1, 0.15) is 0 Å². The highest BCUT2D eigenvalue weighted by Crippen LogP contribution is 2.03. The average molecular weight is 318 g/mol. The highest BCUT2D eigenvalue weighted by molar-refractivity contribution is 5.79. The Morgan fingerprint density at radius 3 is 2.87 bits per heavy atom. The molecular weight excluding hydrogens is 288 g/mol. The highest BCUT2D eigenvalue weighted by atomic mass is 16.5. The molecule has 2 rings (SSSR count). The highest BCUT2D eigenvalue weighted by Gasteiger charge is 2.17. The summed E-state index contributed by atoms with van der Waals surface area (Å²) in [5.74, 6) is 0.886. The molecule has 128 valence electrons. The zero-order chi connectivity index (χ0) is 16.3. The number of nitrogens with one attached hydrogen (secondary N) is 2. The van der Waals surface area contributed by atoms with Crippen molar-refractivity contribution < 1.29 is 4.74 Å². The van der Waals surface area contributed by atoms with Gasteiger partial charge in [0.15, 0.2) is 5.96 Å². The second kappa shape index (κ2) is 10.2. The summed E-state index contributed by atoms with van der Waals surface area (Å²) in [4.78, 5) is 6.95. The molecule has 0 spiro atoms. The standard InChI is InChI=1S/C18H30N4O/c1-3-19-18(21-14-17-15-22(2)12-13-23-17)20-11-7-10-16-8-5-4-6-9-16/h4-6,8-9,17H,3,7,10-15H2,1-2H3,(H2,19,20,21). The van der Waals surface area contributed by atoms with Gasteiger partial charge in [-0.3, -0.25) is 4.99 Å². The molecule has 1 fully saturated rings. The summed E-state index contributed by atoms with van der Waals surface area (Å²) in [6.07, 6.45) is 2.38. The first-order chi connectivity index (χ1) is 11.3. The van der Waals surface area contributed by atoms with E-state index in [0.29, 0.717) is 6.54 Å². The summed E-state index contributed by atoms with van der Waals surface area (Å²) in [5, 5.41) is 6.71. The Bertz CT molecular complexity index is 463. The van der Waals surface area contributed by atoms with Crippen LogP contribution in [-0.2, 0) is 11.2 Å². The molecule has 5 heteroatoms. The SMILES string of the molecule is CCNC(=NCC1CN(C)CCO1)NCCCc1ccccc1. The van der Waals surface area contributed by atoms with Gasteiger partial charge in [0.2, 0.25) is 0 Å². The van der Waals surface area contributed by atoms with E-state index >= 15 is 0 Å². The van der Waals surface area contributed by atoms with Crippen LogP contribution in [-0.4, -0.2) is 63.3 Å². The Morgan fingerprint density at radius 2 is 2.13 bits per heavy atom. The molecule has 1 aliphatic heterocycles. The maximum absolute atomic E-state index is 5.76. The van der Waals surface area contributed by atoms with E-state index in [2.05, 4.69) is 64.8 Å². The predicted octanol–water partition coefficient (Wildman–Crippen LogP) is 1.50. The van der Waals surface area contributed by atoms with Gasteiger partial charge >= 0.3 is 0 Å². The van der Waals surface area contributed by atoms with Crippen LogP contribution in [0.5, 0.6) is 0 Å². The number of rotatable bonds is 7. The van der Waals surface area contributed by atoms with Crippen LogP contribution in [0.3, 0.4) is 0 Å². The first-order valence-corrected chi connectivity index (χ1v) is 8.64. The van der Waals surface area contributed by atoms with E-state index in [1.54, 1.807) is 0 Å². The number of guanidine groups is 1. The average Bonchev–Trinajstić information content (AvgIpc) is 2.57. The van der Waals surface area contributed by atoms with E-state index < -0.39 is 0 Å². The fraction of sp³-hybridized carbons (Fsp3) is 0.611. The van der Waals surface area contributed by atoms with Crippen molar-refractivity contribution in [1.82, 2.24) is 15.5 Å². The van der Waals surface area contributed by atoms with Crippen LogP contribution >= 0.6 is 0 Å². The third-order valence-electron chi connectivity index (χ3n) is 3.92. The molecule has 5 nitrogen and oxygen atoms in total. The fourth-order valence-corrected chi connectivity index (χ4v) is 2.66. The topological polar surface area (TPSA) is 48.9 Å². The summed E-state index contributed by atoms with van der Waals surface area (Å²) in [6.45, 7) is 7.36. The minimum Gasteiger partial charge on any atom is -0.374 e. The number of hydrogen-bond acceptors (Lipinski definition) is 3. The zero-order valence-electron chi connectivity index (χ0n) is 14.4. The van der Waals surface area contributed by atoms with Crippen molar-refractivity contribution in [3.63, 3.8) is 0 Å². The predicted molar refractivity (Wildman–Crippen MR) is 96.0 cm³/mol. The van der Waals surface area contributed by atoms with Crippen LogP contribution in [0, 0.1) is 0 Å². The zero-order valence-corrected chi connectivity index (χ0v) is 14.4. The van der Waals surface area contributed by atoms with Crippen molar-refractivity contribution in [2.24, 2.45) is 4.99 Å². The Labute approximate surface area is 140 Å². The second-order valence-corrected chi connectivity index (χ2v) is 5.99. The molecule has 0 aromatic heterocycles. The van der Waals surface area contributed by atoms with Crippen LogP contribution < -0.4 is 10.6 Å². The maximum Gasteiger partial charge on any atom is 0.191 e. The van der Waals surface area contributed by atoms with Gasteiger partial charge in [-0.2, -0.15) is 0 Å². The summed E-state index contributed by atoms with van der Waals surface area (Å²) in [7, 11) is 2.13. The third kappa shape index (κ3) is 7.01. The lowest BCUT2D eigenvalue weighted by atomic mass is 10.1. The number of ether oxygens (including phenoxy) is 1. The van der Waals surface area contributed by atoms with Gasteiger partial charge in [-0.05, 0) is 32.4 Å². The number of morpholine rings is 1. The van der Waals surface area contributed by atoms with Gasteiger partial charge in [-0.25, -0.2) is 0 Å². The second-order valence-electron chi connectivity index (χ2n) is 5.99. The Kier molecular flexibility index (Phi) is 7.90. The smallest absolute Gasteiger partial charge is 0.191 e. The molecule has 1 unspecified atom stereocenters. The molecule has 1 aliphatic rings. The van der Waals surface area contributed by atoms with Gasteiger partial charge in [-0.15, -0.1) is 0 Å². The molecule has 1 saturated heterocycles. The van der Waals surface area contributed by atoms with Crippen LogP contribution in [0.2, 0.25) is 0 Å². The van der Waals surface area contributed by atoms with Gasteiger partial charge in [0.05, 0.1) is 19.3 Å². The molecular formula is C18H30N4O. The first-order valence-electron chi connectivity index (χ1n) is 8.64. The molecule has 1 aromatic rings. The van der Waals surface area contributed by atoms with Crippen molar-refractivity contribution in [3.05, 3.63) is 35.9 Å².